The Bertz CT molecular complexity index is 596. The van der Waals surface area contributed by atoms with Crippen LogP contribution in [0.2, 0.25) is 0 Å². The van der Waals surface area contributed by atoms with Crippen molar-refractivity contribution in [1.29, 1.82) is 0 Å². The van der Waals surface area contributed by atoms with Gasteiger partial charge in [-0.15, -0.1) is 0 Å². The summed E-state index contributed by atoms with van der Waals surface area (Å²) in [7, 11) is -3.63. The molecule has 4 nitrogen and oxygen atoms in total. The van der Waals surface area contributed by atoms with Gasteiger partial charge in [-0.05, 0) is 31.5 Å². The number of hydrogen-bond donors (Lipinski definition) is 1. The zero-order valence-electron chi connectivity index (χ0n) is 10.1. The molecule has 1 aliphatic heterocycles. The van der Waals surface area contributed by atoms with Crippen molar-refractivity contribution in [2.24, 2.45) is 0 Å². The van der Waals surface area contributed by atoms with Gasteiger partial charge in [0.15, 0.2) is 0 Å². The molecule has 0 aromatic heterocycles. The van der Waals surface area contributed by atoms with Crippen LogP contribution >= 0.6 is 0 Å². The van der Waals surface area contributed by atoms with Gasteiger partial charge in [0.2, 0.25) is 10.0 Å². The predicted octanol–water partition coefficient (Wildman–Crippen LogP) is 1.75. The first kappa shape index (κ1) is 13.0. The summed E-state index contributed by atoms with van der Waals surface area (Å²) in [6.07, 6.45) is 2.57. The molecule has 1 heterocycles. The average molecular weight is 270 g/mol. The Kier molecular flexibility index (Phi) is 3.41. The van der Waals surface area contributed by atoms with Crippen molar-refractivity contribution in [3.05, 3.63) is 35.7 Å². The van der Waals surface area contributed by atoms with Gasteiger partial charge in [-0.2, -0.15) is 4.31 Å². The molecule has 0 bridgehead atoms. The maximum absolute atomic E-state index is 13.3. The van der Waals surface area contributed by atoms with E-state index in [0.29, 0.717) is 19.5 Å². The summed E-state index contributed by atoms with van der Waals surface area (Å²) < 4.78 is 39.2. The van der Waals surface area contributed by atoms with Gasteiger partial charge in [0.25, 0.3) is 0 Å². The highest BCUT2D eigenvalue weighted by Crippen LogP contribution is 2.22. The fraction of sp³-hybridized carbons (Fsp3) is 0.333. The van der Waals surface area contributed by atoms with Gasteiger partial charge >= 0.3 is 0 Å². The first-order valence-electron chi connectivity index (χ1n) is 5.62. The van der Waals surface area contributed by atoms with E-state index in [1.54, 1.807) is 0 Å². The van der Waals surface area contributed by atoms with E-state index in [2.05, 4.69) is 0 Å². The molecule has 0 saturated carbocycles. The monoisotopic (exact) mass is 270 g/mol. The average Bonchev–Trinajstić information content (AvgIpc) is 2.33. The fourth-order valence-electron chi connectivity index (χ4n) is 1.79. The van der Waals surface area contributed by atoms with Crippen molar-refractivity contribution >= 4 is 15.7 Å². The van der Waals surface area contributed by atoms with E-state index in [9.17, 15) is 12.8 Å². The number of halogens is 1. The second-order valence-electron chi connectivity index (χ2n) is 4.35. The number of anilines is 1. The van der Waals surface area contributed by atoms with Crippen LogP contribution in [0, 0.1) is 5.82 Å². The van der Waals surface area contributed by atoms with Crippen LogP contribution in [-0.2, 0) is 10.0 Å². The van der Waals surface area contributed by atoms with Gasteiger partial charge in [0.1, 0.15) is 5.82 Å². The molecule has 6 heteroatoms. The summed E-state index contributed by atoms with van der Waals surface area (Å²) in [5.74, 6) is -0.709. The molecule has 1 aromatic rings. The minimum atomic E-state index is -3.63. The normalized spacial score (nSPS) is 17.6. The Hall–Kier alpha value is -1.40. The van der Waals surface area contributed by atoms with E-state index in [1.807, 2.05) is 13.0 Å². The summed E-state index contributed by atoms with van der Waals surface area (Å²) in [4.78, 5) is -0.0536. The van der Waals surface area contributed by atoms with E-state index < -0.39 is 15.8 Å². The van der Waals surface area contributed by atoms with Crippen LogP contribution in [0.1, 0.15) is 13.3 Å². The first-order chi connectivity index (χ1) is 8.41. The van der Waals surface area contributed by atoms with Crippen LogP contribution in [0.3, 0.4) is 0 Å². The number of nitrogens with zero attached hydrogens (tertiary/aromatic N) is 1. The molecule has 18 heavy (non-hydrogen) atoms. The number of hydrogen-bond acceptors (Lipinski definition) is 3. The summed E-state index contributed by atoms with van der Waals surface area (Å²) in [6.45, 7) is 2.73. The van der Waals surface area contributed by atoms with Crippen LogP contribution in [-0.4, -0.2) is 25.8 Å². The van der Waals surface area contributed by atoms with Crippen LogP contribution in [0.25, 0.3) is 0 Å². The van der Waals surface area contributed by atoms with Crippen molar-refractivity contribution in [2.45, 2.75) is 18.2 Å². The van der Waals surface area contributed by atoms with Gasteiger partial charge in [0, 0.05) is 13.1 Å². The zero-order chi connectivity index (χ0) is 13.3. The van der Waals surface area contributed by atoms with E-state index in [4.69, 9.17) is 5.73 Å². The molecule has 98 valence electrons. The van der Waals surface area contributed by atoms with Crippen molar-refractivity contribution in [3.63, 3.8) is 0 Å². The summed E-state index contributed by atoms with van der Waals surface area (Å²) in [6, 6.07) is 3.57. The third kappa shape index (κ3) is 2.39. The molecule has 2 rings (SSSR count). The zero-order valence-corrected chi connectivity index (χ0v) is 10.9. The molecule has 0 aliphatic carbocycles. The van der Waals surface area contributed by atoms with E-state index in [-0.39, 0.29) is 10.6 Å². The standard InChI is InChI=1S/C12H15FN2O2S/c1-9-4-6-15(7-5-9)18(16,17)10-2-3-12(14)11(13)8-10/h2-4,8H,5-7,14H2,1H3. The first-order valence-corrected chi connectivity index (χ1v) is 7.06. The Labute approximate surface area is 106 Å². The molecule has 0 saturated heterocycles. The quantitative estimate of drug-likeness (QED) is 0.658. The Morgan fingerprint density at radius 3 is 2.67 bits per heavy atom. The highest BCUT2D eigenvalue weighted by Gasteiger charge is 2.25. The number of nitrogen functional groups attached to an aromatic ring is 1. The molecule has 0 radical (unpaired) electrons. The van der Waals surface area contributed by atoms with E-state index in [0.717, 1.165) is 6.07 Å². The smallest absolute Gasteiger partial charge is 0.243 e. The molecular weight excluding hydrogens is 255 g/mol. The molecule has 1 aliphatic rings. The second-order valence-corrected chi connectivity index (χ2v) is 6.28. The SMILES string of the molecule is CC1=CCN(S(=O)(=O)c2ccc(N)c(F)c2)CC1. The molecule has 0 amide bonds. The highest BCUT2D eigenvalue weighted by atomic mass is 32.2. The minimum Gasteiger partial charge on any atom is -0.396 e. The Morgan fingerprint density at radius 1 is 1.39 bits per heavy atom. The fourth-order valence-corrected chi connectivity index (χ4v) is 3.18. The molecular formula is C12H15FN2O2S. The van der Waals surface area contributed by atoms with Crippen LogP contribution < -0.4 is 5.73 Å². The molecule has 0 spiro atoms. The van der Waals surface area contributed by atoms with Gasteiger partial charge in [0.05, 0.1) is 10.6 Å². The van der Waals surface area contributed by atoms with Gasteiger partial charge in [-0.25, -0.2) is 12.8 Å². The third-order valence-corrected chi connectivity index (χ3v) is 4.87. The second kappa shape index (κ2) is 4.70. The molecule has 0 atom stereocenters. The summed E-state index contributed by atoms with van der Waals surface area (Å²) >= 11 is 0. The maximum Gasteiger partial charge on any atom is 0.243 e. The number of rotatable bonds is 2. The number of benzene rings is 1. The largest absolute Gasteiger partial charge is 0.396 e. The van der Waals surface area contributed by atoms with Gasteiger partial charge < -0.3 is 5.73 Å². The summed E-state index contributed by atoms with van der Waals surface area (Å²) in [5.41, 5.74) is 6.45. The van der Waals surface area contributed by atoms with Gasteiger partial charge in [-0.3, -0.25) is 0 Å². The molecule has 2 N–H and O–H groups in total. The van der Waals surface area contributed by atoms with Gasteiger partial charge in [-0.1, -0.05) is 11.6 Å². The van der Waals surface area contributed by atoms with E-state index in [1.165, 1.54) is 22.0 Å². The number of nitrogens with two attached hydrogens (primary N) is 1. The van der Waals surface area contributed by atoms with Crippen molar-refractivity contribution in [1.82, 2.24) is 4.31 Å². The molecule has 0 fully saturated rings. The lowest BCUT2D eigenvalue weighted by molar-refractivity contribution is 0.431. The minimum absolute atomic E-state index is 0.0525. The molecule has 1 aromatic carbocycles. The topological polar surface area (TPSA) is 63.4 Å². The lowest BCUT2D eigenvalue weighted by atomic mass is 10.1. The lowest BCUT2D eigenvalue weighted by Gasteiger charge is -2.24. The van der Waals surface area contributed by atoms with Crippen LogP contribution in [0.15, 0.2) is 34.7 Å². The highest BCUT2D eigenvalue weighted by molar-refractivity contribution is 7.89. The predicted molar refractivity (Wildman–Crippen MR) is 67.9 cm³/mol. The van der Waals surface area contributed by atoms with Crippen molar-refractivity contribution in [3.8, 4) is 0 Å². The van der Waals surface area contributed by atoms with Crippen LogP contribution in [0.4, 0.5) is 10.1 Å². The Balaban J connectivity index is 2.34. The maximum atomic E-state index is 13.3. The number of sulfonamides is 1. The summed E-state index contributed by atoms with van der Waals surface area (Å²) in [5, 5.41) is 0. The van der Waals surface area contributed by atoms with Crippen molar-refractivity contribution < 1.29 is 12.8 Å². The Morgan fingerprint density at radius 2 is 2.11 bits per heavy atom. The lowest BCUT2D eigenvalue weighted by Crippen LogP contribution is -2.34. The van der Waals surface area contributed by atoms with Crippen molar-refractivity contribution in [2.75, 3.05) is 18.8 Å². The van der Waals surface area contributed by atoms with Crippen LogP contribution in [0.5, 0.6) is 0 Å². The van der Waals surface area contributed by atoms with E-state index >= 15 is 0 Å². The molecule has 0 unspecified atom stereocenters. The third-order valence-electron chi connectivity index (χ3n) is 3.01.